The van der Waals surface area contributed by atoms with Crippen molar-refractivity contribution in [3.05, 3.63) is 0 Å². The first-order chi connectivity index (χ1) is 6.17. The lowest BCUT2D eigenvalue weighted by atomic mass is 9.72. The molecule has 2 aliphatic rings. The van der Waals surface area contributed by atoms with Crippen LogP contribution in [0.4, 0.5) is 0 Å². The van der Waals surface area contributed by atoms with Gasteiger partial charge in [0.05, 0.1) is 0 Å². The van der Waals surface area contributed by atoms with Gasteiger partial charge in [-0.2, -0.15) is 0 Å². The van der Waals surface area contributed by atoms with Crippen LogP contribution in [-0.2, 0) is 4.79 Å². The molecule has 0 amide bonds. The quantitative estimate of drug-likeness (QED) is 0.722. The van der Waals surface area contributed by atoms with Crippen LogP contribution >= 0.6 is 0 Å². The van der Waals surface area contributed by atoms with E-state index < -0.39 is 0 Å². The van der Waals surface area contributed by atoms with E-state index in [4.69, 9.17) is 5.11 Å². The summed E-state index contributed by atoms with van der Waals surface area (Å²) in [6.45, 7) is 2.58. The number of aliphatic hydroxyl groups is 1. The average molecular weight is 182 g/mol. The largest absolute Gasteiger partial charge is 0.396 e. The van der Waals surface area contributed by atoms with Crippen LogP contribution in [0.1, 0.15) is 39.0 Å². The normalized spacial score (nSPS) is 43.1. The Morgan fingerprint density at radius 1 is 1.62 bits per heavy atom. The first-order valence-corrected chi connectivity index (χ1v) is 5.31. The Morgan fingerprint density at radius 3 is 3.08 bits per heavy atom. The zero-order valence-electron chi connectivity index (χ0n) is 8.25. The molecule has 2 saturated carbocycles. The van der Waals surface area contributed by atoms with Crippen LogP contribution < -0.4 is 0 Å². The van der Waals surface area contributed by atoms with Crippen LogP contribution in [0.15, 0.2) is 0 Å². The van der Waals surface area contributed by atoms with Crippen molar-refractivity contribution < 1.29 is 9.90 Å². The predicted molar refractivity (Wildman–Crippen MR) is 50.3 cm³/mol. The van der Waals surface area contributed by atoms with Crippen LogP contribution in [0.5, 0.6) is 0 Å². The summed E-state index contributed by atoms with van der Waals surface area (Å²) in [6.07, 6.45) is 4.95. The van der Waals surface area contributed by atoms with Crippen LogP contribution in [-0.4, -0.2) is 17.5 Å². The number of ketones is 1. The van der Waals surface area contributed by atoms with Crippen molar-refractivity contribution in [1.29, 1.82) is 0 Å². The maximum Gasteiger partial charge on any atom is 0.136 e. The van der Waals surface area contributed by atoms with Gasteiger partial charge in [-0.15, -0.1) is 0 Å². The van der Waals surface area contributed by atoms with Gasteiger partial charge in [0, 0.05) is 18.9 Å². The zero-order chi connectivity index (χ0) is 9.47. The van der Waals surface area contributed by atoms with Gasteiger partial charge >= 0.3 is 0 Å². The van der Waals surface area contributed by atoms with Crippen LogP contribution in [0.3, 0.4) is 0 Å². The second-order valence-electron chi connectivity index (χ2n) is 4.90. The predicted octanol–water partition coefficient (Wildman–Crippen LogP) is 1.76. The van der Waals surface area contributed by atoms with Gasteiger partial charge in [-0.3, -0.25) is 4.79 Å². The SMILES string of the molecule is C[C@]1(CCCO)CCC(=O)[C@@H]2C[C@@H]21. The first kappa shape index (κ1) is 9.20. The molecule has 0 aromatic heterocycles. The summed E-state index contributed by atoms with van der Waals surface area (Å²) in [7, 11) is 0. The number of hydrogen-bond acceptors (Lipinski definition) is 2. The summed E-state index contributed by atoms with van der Waals surface area (Å²) in [5.74, 6) is 1.55. The van der Waals surface area contributed by atoms with E-state index in [-0.39, 0.29) is 0 Å². The highest BCUT2D eigenvalue weighted by Crippen LogP contribution is 2.59. The first-order valence-electron chi connectivity index (χ1n) is 5.31. The third kappa shape index (κ3) is 1.52. The highest BCUT2D eigenvalue weighted by Gasteiger charge is 2.55. The van der Waals surface area contributed by atoms with Gasteiger partial charge in [0.15, 0.2) is 0 Å². The molecule has 0 radical (unpaired) electrons. The molecule has 2 heteroatoms. The van der Waals surface area contributed by atoms with Gasteiger partial charge in [-0.25, -0.2) is 0 Å². The Labute approximate surface area is 79.3 Å². The fourth-order valence-corrected chi connectivity index (χ4v) is 2.89. The fourth-order valence-electron chi connectivity index (χ4n) is 2.89. The molecule has 2 aliphatic carbocycles. The van der Waals surface area contributed by atoms with Crippen molar-refractivity contribution in [2.24, 2.45) is 17.3 Å². The van der Waals surface area contributed by atoms with Gasteiger partial charge in [0.1, 0.15) is 5.78 Å². The summed E-state index contributed by atoms with van der Waals surface area (Å²) in [5, 5.41) is 8.80. The Morgan fingerprint density at radius 2 is 2.38 bits per heavy atom. The summed E-state index contributed by atoms with van der Waals surface area (Å²) in [5.41, 5.74) is 0.362. The molecule has 0 aliphatic heterocycles. The van der Waals surface area contributed by atoms with Gasteiger partial charge in [-0.1, -0.05) is 6.92 Å². The van der Waals surface area contributed by atoms with Crippen molar-refractivity contribution in [2.75, 3.05) is 6.61 Å². The summed E-state index contributed by atoms with van der Waals surface area (Å²) in [6, 6.07) is 0. The van der Waals surface area contributed by atoms with Crippen molar-refractivity contribution in [2.45, 2.75) is 39.0 Å². The highest BCUT2D eigenvalue weighted by molar-refractivity contribution is 5.85. The molecule has 0 bridgehead atoms. The van der Waals surface area contributed by atoms with E-state index in [2.05, 4.69) is 6.92 Å². The van der Waals surface area contributed by atoms with Crippen LogP contribution in [0.25, 0.3) is 0 Å². The lowest BCUT2D eigenvalue weighted by molar-refractivity contribution is -0.123. The number of fused-ring (bicyclic) bond motifs is 1. The molecular weight excluding hydrogens is 164 g/mol. The molecular formula is C11H18O2. The Hall–Kier alpha value is -0.370. The van der Waals surface area contributed by atoms with Gasteiger partial charge in [0.2, 0.25) is 0 Å². The standard InChI is InChI=1S/C11H18O2/c1-11(4-2-6-12)5-3-10(13)8-7-9(8)11/h8-9,12H,2-7H2,1H3/t8-,9+,11+/m1/s1. The third-order valence-electron chi connectivity index (χ3n) is 3.95. The van der Waals surface area contributed by atoms with E-state index in [0.717, 1.165) is 32.1 Å². The molecule has 2 rings (SSSR count). The average Bonchev–Trinajstić information content (AvgIpc) is 2.89. The smallest absolute Gasteiger partial charge is 0.136 e. The number of hydrogen-bond donors (Lipinski definition) is 1. The number of Topliss-reactive ketones (excluding diaryl/α,β-unsaturated/α-hetero) is 1. The maximum atomic E-state index is 11.3. The van der Waals surface area contributed by atoms with E-state index in [1.54, 1.807) is 0 Å². The van der Waals surface area contributed by atoms with E-state index in [1.807, 2.05) is 0 Å². The van der Waals surface area contributed by atoms with Gasteiger partial charge < -0.3 is 5.11 Å². The molecule has 0 spiro atoms. The number of aliphatic hydroxyl groups excluding tert-OH is 1. The van der Waals surface area contributed by atoms with E-state index in [9.17, 15) is 4.79 Å². The summed E-state index contributed by atoms with van der Waals surface area (Å²) < 4.78 is 0. The Balaban J connectivity index is 1.96. The molecule has 0 heterocycles. The number of rotatable bonds is 3. The minimum Gasteiger partial charge on any atom is -0.396 e. The van der Waals surface area contributed by atoms with E-state index >= 15 is 0 Å². The second-order valence-corrected chi connectivity index (χ2v) is 4.90. The molecule has 0 aromatic rings. The highest BCUT2D eigenvalue weighted by atomic mass is 16.2. The topological polar surface area (TPSA) is 37.3 Å². The molecule has 0 aromatic carbocycles. The minimum atomic E-state index is 0.293. The molecule has 13 heavy (non-hydrogen) atoms. The van der Waals surface area contributed by atoms with Gasteiger partial charge in [-0.05, 0) is 37.0 Å². The van der Waals surface area contributed by atoms with Crippen molar-refractivity contribution in [3.63, 3.8) is 0 Å². The van der Waals surface area contributed by atoms with Crippen molar-refractivity contribution >= 4 is 5.78 Å². The van der Waals surface area contributed by atoms with Crippen molar-refractivity contribution in [1.82, 2.24) is 0 Å². The fraction of sp³-hybridized carbons (Fsp3) is 0.909. The van der Waals surface area contributed by atoms with Crippen LogP contribution in [0, 0.1) is 17.3 Å². The Kier molecular flexibility index (Phi) is 2.18. The van der Waals surface area contributed by atoms with Crippen molar-refractivity contribution in [3.8, 4) is 0 Å². The molecule has 0 saturated heterocycles. The van der Waals surface area contributed by atoms with Crippen LogP contribution in [0.2, 0.25) is 0 Å². The molecule has 74 valence electrons. The molecule has 1 N–H and O–H groups in total. The summed E-state index contributed by atoms with van der Waals surface area (Å²) >= 11 is 0. The number of carbonyl (C=O) groups excluding carboxylic acids is 1. The minimum absolute atomic E-state index is 0.293. The number of carbonyl (C=O) groups is 1. The van der Waals surface area contributed by atoms with Gasteiger partial charge in [0.25, 0.3) is 0 Å². The monoisotopic (exact) mass is 182 g/mol. The molecule has 0 unspecified atom stereocenters. The molecule has 2 fully saturated rings. The molecule has 3 atom stereocenters. The third-order valence-corrected chi connectivity index (χ3v) is 3.95. The molecule has 2 nitrogen and oxygen atoms in total. The zero-order valence-corrected chi connectivity index (χ0v) is 8.25. The van der Waals surface area contributed by atoms with E-state index in [0.29, 0.717) is 29.6 Å². The summed E-state index contributed by atoms with van der Waals surface area (Å²) in [4.78, 5) is 11.3. The maximum absolute atomic E-state index is 11.3. The second kappa shape index (κ2) is 3.09. The lowest BCUT2D eigenvalue weighted by Gasteiger charge is -2.33. The Bertz CT molecular complexity index is 224. The lowest BCUT2D eigenvalue weighted by Crippen LogP contribution is -2.28. The van der Waals surface area contributed by atoms with E-state index in [1.165, 1.54) is 0 Å².